The summed E-state index contributed by atoms with van der Waals surface area (Å²) >= 11 is 0. The van der Waals surface area contributed by atoms with Gasteiger partial charge < -0.3 is 21.0 Å². The van der Waals surface area contributed by atoms with Gasteiger partial charge in [0.2, 0.25) is 5.91 Å². The number of carbonyl (C=O) groups excluding carboxylic acids is 1. The van der Waals surface area contributed by atoms with Gasteiger partial charge in [-0.25, -0.2) is 0 Å². The van der Waals surface area contributed by atoms with E-state index in [1.54, 1.807) is 7.11 Å². The lowest BCUT2D eigenvalue weighted by molar-refractivity contribution is -0.128. The van der Waals surface area contributed by atoms with Gasteiger partial charge in [-0.05, 0) is 19.8 Å². The first kappa shape index (κ1) is 17.7. The van der Waals surface area contributed by atoms with Crippen LogP contribution in [0.4, 0.5) is 0 Å². The van der Waals surface area contributed by atoms with Crippen LogP contribution in [0.1, 0.15) is 46.5 Å². The van der Waals surface area contributed by atoms with Crippen molar-refractivity contribution >= 4 is 11.7 Å². The fraction of sp³-hybridized carbons (Fsp3) is 0.846. The molecule has 0 aromatic carbocycles. The predicted molar refractivity (Wildman–Crippen MR) is 75.1 cm³/mol. The number of nitrogens with one attached hydrogen (secondary N) is 1. The Labute approximate surface area is 115 Å². The summed E-state index contributed by atoms with van der Waals surface area (Å²) in [5, 5.41) is 14.8. The highest BCUT2D eigenvalue weighted by Crippen LogP contribution is 2.30. The van der Waals surface area contributed by atoms with Crippen LogP contribution in [0, 0.1) is 5.41 Å². The topological polar surface area (TPSA) is 96.9 Å². The number of amides is 1. The molecule has 0 aromatic rings. The Morgan fingerprint density at radius 3 is 2.32 bits per heavy atom. The van der Waals surface area contributed by atoms with Crippen LogP contribution in [0.25, 0.3) is 0 Å². The van der Waals surface area contributed by atoms with Gasteiger partial charge in [-0.2, -0.15) is 0 Å². The van der Waals surface area contributed by atoms with E-state index in [0.717, 1.165) is 12.8 Å². The Morgan fingerprint density at radius 2 is 1.95 bits per heavy atom. The highest BCUT2D eigenvalue weighted by molar-refractivity contribution is 6.06. The average Bonchev–Trinajstić information content (AvgIpc) is 2.42. The Morgan fingerprint density at radius 1 is 1.42 bits per heavy atom. The number of nitrogens with two attached hydrogens (primary N) is 1. The number of carbonyl (C=O) groups is 1. The minimum Gasteiger partial charge on any atom is -0.409 e. The molecule has 0 bridgehead atoms. The Bertz CT molecular complexity index is 300. The maximum absolute atomic E-state index is 12.4. The lowest BCUT2D eigenvalue weighted by Gasteiger charge is -2.31. The summed E-state index contributed by atoms with van der Waals surface area (Å²) in [6, 6.07) is 0. The van der Waals surface area contributed by atoms with E-state index in [4.69, 9.17) is 15.7 Å². The second-order valence-corrected chi connectivity index (χ2v) is 4.82. The summed E-state index contributed by atoms with van der Waals surface area (Å²) in [6.45, 7) is 6.22. The highest BCUT2D eigenvalue weighted by Gasteiger charge is 2.41. The Kier molecular flexibility index (Phi) is 8.14. The van der Waals surface area contributed by atoms with Crippen molar-refractivity contribution in [3.63, 3.8) is 0 Å². The van der Waals surface area contributed by atoms with Crippen LogP contribution in [0.15, 0.2) is 5.16 Å². The number of nitrogens with zero attached hydrogens (tertiary/aromatic N) is 1. The molecule has 6 nitrogen and oxygen atoms in total. The molecule has 0 spiro atoms. The van der Waals surface area contributed by atoms with E-state index in [1.165, 1.54) is 0 Å². The molecular weight excluding hydrogens is 246 g/mol. The van der Waals surface area contributed by atoms with Crippen LogP contribution in [0.5, 0.6) is 0 Å². The van der Waals surface area contributed by atoms with Gasteiger partial charge in [0.05, 0.1) is 6.10 Å². The summed E-state index contributed by atoms with van der Waals surface area (Å²) in [6.07, 6.45) is 2.61. The van der Waals surface area contributed by atoms with Crippen LogP contribution < -0.4 is 11.1 Å². The standard InChI is InChI=1S/C13H27N3O3/c1-5-7-13(8-6-2,11(14)16-18)12(17)15-9-10(3)19-4/h10,18H,5-9H2,1-4H3,(H2,14,16)(H,15,17). The molecule has 0 aromatic heterocycles. The number of rotatable bonds is 9. The number of ether oxygens (including phenoxy) is 1. The maximum atomic E-state index is 12.4. The van der Waals surface area contributed by atoms with E-state index < -0.39 is 5.41 Å². The first-order valence-corrected chi connectivity index (χ1v) is 6.77. The number of amidine groups is 1. The second kappa shape index (κ2) is 8.74. The molecule has 0 fully saturated rings. The van der Waals surface area contributed by atoms with Crippen molar-refractivity contribution in [3.05, 3.63) is 0 Å². The van der Waals surface area contributed by atoms with Crippen molar-refractivity contribution in [3.8, 4) is 0 Å². The van der Waals surface area contributed by atoms with Gasteiger partial charge in [-0.15, -0.1) is 0 Å². The number of hydrogen-bond acceptors (Lipinski definition) is 4. The monoisotopic (exact) mass is 273 g/mol. The van der Waals surface area contributed by atoms with Gasteiger partial charge in [0.25, 0.3) is 0 Å². The lowest BCUT2D eigenvalue weighted by atomic mass is 9.77. The normalized spacial score (nSPS) is 14.2. The van der Waals surface area contributed by atoms with Crippen LogP contribution in [0.2, 0.25) is 0 Å². The van der Waals surface area contributed by atoms with Crippen LogP contribution in [0.3, 0.4) is 0 Å². The summed E-state index contributed by atoms with van der Waals surface area (Å²) in [4.78, 5) is 12.4. The van der Waals surface area contributed by atoms with Crippen molar-refractivity contribution in [2.75, 3.05) is 13.7 Å². The van der Waals surface area contributed by atoms with Crippen molar-refractivity contribution in [2.45, 2.75) is 52.6 Å². The molecule has 0 aliphatic heterocycles. The third kappa shape index (κ3) is 4.70. The third-order valence-corrected chi connectivity index (χ3v) is 3.34. The van der Waals surface area contributed by atoms with E-state index in [9.17, 15) is 4.79 Å². The lowest BCUT2D eigenvalue weighted by Crippen LogP contribution is -2.51. The smallest absolute Gasteiger partial charge is 0.234 e. The molecule has 112 valence electrons. The van der Waals surface area contributed by atoms with E-state index in [1.807, 2.05) is 20.8 Å². The van der Waals surface area contributed by atoms with Gasteiger partial charge >= 0.3 is 0 Å². The van der Waals surface area contributed by atoms with Crippen LogP contribution in [-0.2, 0) is 9.53 Å². The molecule has 0 radical (unpaired) electrons. The fourth-order valence-corrected chi connectivity index (χ4v) is 2.16. The average molecular weight is 273 g/mol. The van der Waals surface area contributed by atoms with Crippen molar-refractivity contribution in [1.29, 1.82) is 0 Å². The molecule has 19 heavy (non-hydrogen) atoms. The number of hydrogen-bond donors (Lipinski definition) is 3. The second-order valence-electron chi connectivity index (χ2n) is 4.82. The van der Waals surface area contributed by atoms with E-state index in [-0.39, 0.29) is 17.8 Å². The first-order valence-electron chi connectivity index (χ1n) is 6.77. The number of oxime groups is 1. The molecule has 1 unspecified atom stereocenters. The Hall–Kier alpha value is -1.30. The zero-order chi connectivity index (χ0) is 14.9. The van der Waals surface area contributed by atoms with Crippen LogP contribution in [-0.4, -0.2) is 36.7 Å². The summed E-state index contributed by atoms with van der Waals surface area (Å²) < 4.78 is 5.09. The van der Waals surface area contributed by atoms with Crippen LogP contribution >= 0.6 is 0 Å². The van der Waals surface area contributed by atoms with Crippen molar-refractivity contribution in [2.24, 2.45) is 16.3 Å². The van der Waals surface area contributed by atoms with Gasteiger partial charge in [-0.3, -0.25) is 4.79 Å². The van der Waals surface area contributed by atoms with Gasteiger partial charge in [-0.1, -0.05) is 31.8 Å². The largest absolute Gasteiger partial charge is 0.409 e. The molecule has 0 aliphatic rings. The Balaban J connectivity index is 5.04. The van der Waals surface area contributed by atoms with Gasteiger partial charge in [0.1, 0.15) is 5.41 Å². The van der Waals surface area contributed by atoms with Crippen molar-refractivity contribution in [1.82, 2.24) is 5.32 Å². The van der Waals surface area contributed by atoms with Crippen molar-refractivity contribution < 1.29 is 14.7 Å². The molecule has 6 heteroatoms. The highest BCUT2D eigenvalue weighted by atomic mass is 16.5. The zero-order valence-electron chi connectivity index (χ0n) is 12.4. The van der Waals surface area contributed by atoms with E-state index >= 15 is 0 Å². The fourth-order valence-electron chi connectivity index (χ4n) is 2.16. The first-order chi connectivity index (χ1) is 8.98. The molecule has 0 saturated heterocycles. The molecule has 0 aliphatic carbocycles. The molecule has 0 heterocycles. The van der Waals surface area contributed by atoms with E-state index in [0.29, 0.717) is 19.4 Å². The quantitative estimate of drug-likeness (QED) is 0.256. The molecule has 1 atom stereocenters. The molecule has 4 N–H and O–H groups in total. The van der Waals surface area contributed by atoms with Gasteiger partial charge in [0, 0.05) is 13.7 Å². The number of methoxy groups -OCH3 is 1. The summed E-state index contributed by atoms with van der Waals surface area (Å²) in [7, 11) is 1.59. The van der Waals surface area contributed by atoms with Gasteiger partial charge in [0.15, 0.2) is 5.84 Å². The minimum atomic E-state index is -0.925. The molecule has 0 saturated carbocycles. The zero-order valence-corrected chi connectivity index (χ0v) is 12.4. The predicted octanol–water partition coefficient (Wildman–Crippen LogP) is 1.47. The summed E-state index contributed by atoms with van der Waals surface area (Å²) in [5.41, 5.74) is 4.85. The maximum Gasteiger partial charge on any atom is 0.234 e. The minimum absolute atomic E-state index is 0.0150. The molecule has 1 amide bonds. The SMILES string of the molecule is CCCC(CCC)(C(=O)NCC(C)OC)C(N)=NO. The summed E-state index contributed by atoms with van der Waals surface area (Å²) in [5.74, 6) is -0.214. The third-order valence-electron chi connectivity index (χ3n) is 3.34. The molecular formula is C13H27N3O3. The molecule has 0 rings (SSSR count). The van der Waals surface area contributed by atoms with E-state index in [2.05, 4.69) is 10.5 Å².